The molecule has 0 aromatic rings. The number of rotatable bonds is 6. The van der Waals surface area contributed by atoms with Crippen LogP contribution in [0.2, 0.25) is 0 Å². The minimum absolute atomic E-state index is 0.0190. The van der Waals surface area contributed by atoms with Gasteiger partial charge in [0.05, 0.1) is 5.57 Å². The highest BCUT2D eigenvalue weighted by Gasteiger charge is 2.30. The van der Waals surface area contributed by atoms with Crippen molar-refractivity contribution >= 4 is 54.7 Å². The first kappa shape index (κ1) is 17.0. The molecule has 1 rings (SSSR count). The highest BCUT2D eigenvalue weighted by Crippen LogP contribution is 2.34. The normalized spacial score (nSPS) is 16.1. The molecule has 3 nitrogen and oxygen atoms in total. The van der Waals surface area contributed by atoms with Gasteiger partial charge in [0.2, 0.25) is 0 Å². The molecule has 0 aromatic carbocycles. The Hall–Kier alpha value is -0.0700. The van der Waals surface area contributed by atoms with Gasteiger partial charge in [-0.05, 0) is 44.4 Å². The lowest BCUT2D eigenvalue weighted by Gasteiger charge is -2.13. The van der Waals surface area contributed by atoms with Crippen LogP contribution in [0.15, 0.2) is 20.8 Å². The van der Waals surface area contributed by atoms with Gasteiger partial charge >= 0.3 is 5.97 Å². The molecule has 1 atom stereocenters. The molecule has 0 spiro atoms. The number of hydrogen-bond donors (Lipinski definition) is 0. The van der Waals surface area contributed by atoms with Gasteiger partial charge in [0.15, 0.2) is 10.9 Å². The van der Waals surface area contributed by atoms with Gasteiger partial charge in [-0.25, -0.2) is 4.79 Å². The third kappa shape index (κ3) is 5.44. The summed E-state index contributed by atoms with van der Waals surface area (Å²) in [7, 11) is 0. The SMILES string of the molecule is CCCCCC(SC(C)=O)C1=CC(=C(Br)Br)OC1=O. The number of cyclic esters (lactones) is 1. The molecule has 19 heavy (non-hydrogen) atoms. The summed E-state index contributed by atoms with van der Waals surface area (Å²) in [5, 5.41) is -0.0982. The van der Waals surface area contributed by atoms with Crippen molar-refractivity contribution in [2.75, 3.05) is 0 Å². The van der Waals surface area contributed by atoms with Gasteiger partial charge in [0.25, 0.3) is 0 Å². The van der Waals surface area contributed by atoms with Crippen LogP contribution < -0.4 is 0 Å². The van der Waals surface area contributed by atoms with Crippen LogP contribution in [0.25, 0.3) is 0 Å². The number of halogens is 2. The van der Waals surface area contributed by atoms with Crippen molar-refractivity contribution in [1.82, 2.24) is 0 Å². The van der Waals surface area contributed by atoms with E-state index in [2.05, 4.69) is 38.8 Å². The average Bonchev–Trinajstić information content (AvgIpc) is 2.70. The molecule has 6 heteroatoms. The van der Waals surface area contributed by atoms with Crippen LogP contribution >= 0.6 is 43.6 Å². The number of carbonyl (C=O) groups excluding carboxylic acids is 2. The molecule has 0 bridgehead atoms. The number of carbonyl (C=O) groups is 2. The van der Waals surface area contributed by atoms with Crippen molar-refractivity contribution in [3.63, 3.8) is 0 Å². The standard InChI is InChI=1S/C13H16Br2O3S/c1-3-4-5-6-11(19-8(2)16)9-7-10(12(14)15)18-13(9)17/h7,11H,3-6H2,1-2H3. The maximum Gasteiger partial charge on any atom is 0.340 e. The molecule has 1 heterocycles. The summed E-state index contributed by atoms with van der Waals surface area (Å²) in [5.74, 6) is 0.103. The van der Waals surface area contributed by atoms with Gasteiger partial charge in [-0.1, -0.05) is 37.9 Å². The van der Waals surface area contributed by atoms with E-state index in [0.29, 0.717) is 14.7 Å². The predicted molar refractivity (Wildman–Crippen MR) is 85.3 cm³/mol. The second-order valence-electron chi connectivity index (χ2n) is 4.21. The van der Waals surface area contributed by atoms with E-state index in [9.17, 15) is 9.59 Å². The summed E-state index contributed by atoms with van der Waals surface area (Å²) < 4.78 is 5.73. The van der Waals surface area contributed by atoms with E-state index >= 15 is 0 Å². The minimum Gasteiger partial charge on any atom is -0.421 e. The largest absolute Gasteiger partial charge is 0.421 e. The number of thioether (sulfide) groups is 1. The summed E-state index contributed by atoms with van der Waals surface area (Å²) in [6.07, 6.45) is 5.72. The minimum atomic E-state index is -0.360. The summed E-state index contributed by atoms with van der Waals surface area (Å²) >= 11 is 7.65. The van der Waals surface area contributed by atoms with Crippen LogP contribution in [0.3, 0.4) is 0 Å². The molecule has 1 aliphatic heterocycles. The van der Waals surface area contributed by atoms with E-state index in [1.165, 1.54) is 18.7 Å². The monoisotopic (exact) mass is 410 g/mol. The Balaban J connectivity index is 2.84. The zero-order chi connectivity index (χ0) is 14.4. The van der Waals surface area contributed by atoms with Gasteiger partial charge in [0.1, 0.15) is 3.39 Å². The van der Waals surface area contributed by atoms with Gasteiger partial charge in [-0.3, -0.25) is 4.79 Å². The molecular formula is C13H16Br2O3S. The molecule has 0 saturated carbocycles. The number of allylic oxidation sites excluding steroid dienone is 1. The first-order valence-corrected chi connectivity index (χ1v) is 8.58. The molecule has 1 unspecified atom stereocenters. The van der Waals surface area contributed by atoms with E-state index < -0.39 is 0 Å². The van der Waals surface area contributed by atoms with Crippen LogP contribution in [0.4, 0.5) is 0 Å². The van der Waals surface area contributed by atoms with Gasteiger partial charge in [-0.15, -0.1) is 0 Å². The fourth-order valence-corrected chi connectivity index (χ4v) is 3.13. The molecule has 0 fully saturated rings. The zero-order valence-electron chi connectivity index (χ0n) is 10.9. The average molecular weight is 412 g/mol. The molecule has 0 aliphatic carbocycles. The van der Waals surface area contributed by atoms with Crippen molar-refractivity contribution in [2.24, 2.45) is 0 Å². The van der Waals surface area contributed by atoms with Gasteiger partial charge < -0.3 is 4.74 Å². The fraction of sp³-hybridized carbons (Fsp3) is 0.538. The molecule has 106 valence electrons. The fourth-order valence-electron chi connectivity index (χ4n) is 1.76. The Morgan fingerprint density at radius 1 is 1.42 bits per heavy atom. The second kappa shape index (κ2) is 8.27. The molecule has 0 N–H and O–H groups in total. The van der Waals surface area contributed by atoms with Crippen LogP contribution in [0, 0.1) is 0 Å². The lowest BCUT2D eigenvalue weighted by Crippen LogP contribution is -2.14. The van der Waals surface area contributed by atoms with Crippen molar-refractivity contribution in [3.05, 3.63) is 20.8 Å². The van der Waals surface area contributed by atoms with Crippen molar-refractivity contribution < 1.29 is 14.3 Å². The Morgan fingerprint density at radius 3 is 2.58 bits per heavy atom. The molecule has 0 aromatic heterocycles. The van der Waals surface area contributed by atoms with Crippen LogP contribution in [-0.4, -0.2) is 16.3 Å². The summed E-state index contributed by atoms with van der Waals surface area (Å²) in [5.41, 5.74) is 0.572. The smallest absolute Gasteiger partial charge is 0.340 e. The predicted octanol–water partition coefficient (Wildman–Crippen LogP) is 4.66. The lowest BCUT2D eigenvalue weighted by atomic mass is 10.1. The molecular weight excluding hydrogens is 396 g/mol. The van der Waals surface area contributed by atoms with E-state index in [-0.39, 0.29) is 16.3 Å². The highest BCUT2D eigenvalue weighted by atomic mass is 79.9. The number of hydrogen-bond acceptors (Lipinski definition) is 4. The van der Waals surface area contributed by atoms with E-state index in [4.69, 9.17) is 4.74 Å². The van der Waals surface area contributed by atoms with Crippen molar-refractivity contribution in [3.8, 4) is 0 Å². The summed E-state index contributed by atoms with van der Waals surface area (Å²) in [6, 6.07) is 0. The van der Waals surface area contributed by atoms with Gasteiger partial charge in [0, 0.05) is 12.2 Å². The lowest BCUT2D eigenvalue weighted by molar-refractivity contribution is -0.133. The number of unbranched alkanes of at least 4 members (excludes halogenated alkanes) is 2. The summed E-state index contributed by atoms with van der Waals surface area (Å²) in [4.78, 5) is 23.2. The summed E-state index contributed by atoms with van der Waals surface area (Å²) in [6.45, 7) is 3.65. The Morgan fingerprint density at radius 2 is 2.11 bits per heavy atom. The first-order valence-electron chi connectivity index (χ1n) is 6.12. The second-order valence-corrected chi connectivity index (χ2v) is 8.24. The Labute approximate surface area is 134 Å². The van der Waals surface area contributed by atoms with Crippen LogP contribution in [-0.2, 0) is 14.3 Å². The zero-order valence-corrected chi connectivity index (χ0v) is 14.9. The third-order valence-electron chi connectivity index (χ3n) is 2.64. The highest BCUT2D eigenvalue weighted by molar-refractivity contribution is 9.28. The van der Waals surface area contributed by atoms with Gasteiger partial charge in [-0.2, -0.15) is 0 Å². The molecule has 0 amide bonds. The molecule has 1 aliphatic rings. The van der Waals surface area contributed by atoms with Crippen molar-refractivity contribution in [1.29, 1.82) is 0 Å². The maximum atomic E-state index is 11.9. The maximum absolute atomic E-state index is 11.9. The Kier molecular flexibility index (Phi) is 7.39. The van der Waals surface area contributed by atoms with E-state index in [1.807, 2.05) is 0 Å². The van der Waals surface area contributed by atoms with Crippen LogP contribution in [0.1, 0.15) is 39.5 Å². The number of esters is 1. The third-order valence-corrected chi connectivity index (χ3v) is 4.52. The Bertz CT molecular complexity index is 426. The van der Waals surface area contributed by atoms with E-state index in [0.717, 1.165) is 25.7 Å². The topological polar surface area (TPSA) is 43.4 Å². The first-order chi connectivity index (χ1) is 8.95. The quantitative estimate of drug-likeness (QED) is 0.471. The molecule has 0 saturated heterocycles. The van der Waals surface area contributed by atoms with Crippen LogP contribution in [0.5, 0.6) is 0 Å². The van der Waals surface area contributed by atoms with Crippen molar-refractivity contribution in [2.45, 2.75) is 44.8 Å². The molecule has 0 radical (unpaired) electrons. The van der Waals surface area contributed by atoms with E-state index in [1.54, 1.807) is 6.08 Å². The number of ether oxygens (including phenoxy) is 1.